The number of rotatable bonds is 12. The molecule has 0 fully saturated rings. The molecule has 204 valence electrons. The number of benzene rings is 2. The molecule has 1 aliphatic rings. The monoisotopic (exact) mass is 527 g/mol. The highest BCUT2D eigenvalue weighted by molar-refractivity contribution is 6.08. The highest BCUT2D eigenvalue weighted by Gasteiger charge is 2.20. The normalized spacial score (nSPS) is 12.7. The van der Waals surface area contributed by atoms with Crippen LogP contribution in [0.1, 0.15) is 62.9 Å². The lowest BCUT2D eigenvalue weighted by atomic mass is 10.0. The Morgan fingerprint density at radius 1 is 1.13 bits per heavy atom. The van der Waals surface area contributed by atoms with Gasteiger partial charge in [-0.1, -0.05) is 26.3 Å². The van der Waals surface area contributed by atoms with Crippen molar-refractivity contribution >= 4 is 45.4 Å². The van der Waals surface area contributed by atoms with Gasteiger partial charge in [0.15, 0.2) is 5.82 Å². The summed E-state index contributed by atoms with van der Waals surface area (Å²) in [5.74, 6) is 3.14. The maximum Gasteiger partial charge on any atom is 0.204 e. The molecule has 0 radical (unpaired) electrons. The molecule has 0 unspecified atom stereocenters. The number of ether oxygens (including phenoxy) is 1. The minimum Gasteiger partial charge on any atom is -0.495 e. The van der Waals surface area contributed by atoms with E-state index in [4.69, 9.17) is 14.7 Å². The van der Waals surface area contributed by atoms with Crippen molar-refractivity contribution in [2.75, 3.05) is 31.3 Å². The Morgan fingerprint density at radius 2 is 1.97 bits per heavy atom. The number of hydrogen-bond acceptors (Lipinski definition) is 8. The van der Waals surface area contributed by atoms with Crippen LogP contribution in [-0.2, 0) is 11.2 Å². The molecule has 0 aliphatic carbocycles. The van der Waals surface area contributed by atoms with Crippen LogP contribution in [0.2, 0.25) is 0 Å². The van der Waals surface area contributed by atoms with Gasteiger partial charge in [0.2, 0.25) is 5.65 Å². The highest BCUT2D eigenvalue weighted by atomic mass is 16.5. The van der Waals surface area contributed by atoms with Gasteiger partial charge in [-0.05, 0) is 61.1 Å². The van der Waals surface area contributed by atoms with Crippen molar-refractivity contribution in [2.45, 2.75) is 59.3 Å². The predicted octanol–water partition coefficient (Wildman–Crippen LogP) is 5.90. The molecule has 9 heteroatoms. The largest absolute Gasteiger partial charge is 0.495 e. The Hall–Kier alpha value is -4.01. The van der Waals surface area contributed by atoms with E-state index < -0.39 is 0 Å². The first kappa shape index (κ1) is 26.6. The molecule has 2 aromatic heterocycles. The Kier molecular flexibility index (Phi) is 7.77. The van der Waals surface area contributed by atoms with E-state index in [0.717, 1.165) is 94.5 Å². The summed E-state index contributed by atoms with van der Waals surface area (Å²) in [5.41, 5.74) is 7.61. The van der Waals surface area contributed by atoms with Crippen molar-refractivity contribution in [3.05, 3.63) is 47.3 Å². The zero-order valence-corrected chi connectivity index (χ0v) is 23.5. The van der Waals surface area contributed by atoms with Gasteiger partial charge in [0, 0.05) is 32.9 Å². The maximum absolute atomic E-state index is 12.0. The molecule has 39 heavy (non-hydrogen) atoms. The van der Waals surface area contributed by atoms with Crippen molar-refractivity contribution < 1.29 is 9.53 Å². The summed E-state index contributed by atoms with van der Waals surface area (Å²) in [6.07, 6.45) is 4.96. The number of Topliss-reactive ketones (excluding diaryl/α,β-unsaturated/α-hetero) is 1. The molecule has 2 N–H and O–H groups in total. The number of carbonyl (C=O) groups is 1. The van der Waals surface area contributed by atoms with Crippen LogP contribution in [0.3, 0.4) is 0 Å². The van der Waals surface area contributed by atoms with Crippen LogP contribution >= 0.6 is 0 Å². The number of fused-ring (bicyclic) bond motifs is 4. The Balaban J connectivity index is 1.34. The number of aliphatic imine (C=N–C) groups is 1. The van der Waals surface area contributed by atoms with Crippen molar-refractivity contribution in [3.63, 3.8) is 0 Å². The molecule has 0 saturated carbocycles. The van der Waals surface area contributed by atoms with E-state index >= 15 is 0 Å². The molecule has 0 spiro atoms. The zero-order chi connectivity index (χ0) is 27.5. The highest BCUT2D eigenvalue weighted by Crippen LogP contribution is 2.37. The molecule has 5 rings (SSSR count). The molecule has 3 heterocycles. The maximum atomic E-state index is 12.0. The van der Waals surface area contributed by atoms with Gasteiger partial charge < -0.3 is 15.4 Å². The average Bonchev–Trinajstić information content (AvgIpc) is 3.52. The number of methoxy groups -OCH3 is 1. The zero-order valence-electron chi connectivity index (χ0n) is 23.5. The molecule has 2 aromatic carbocycles. The molecule has 0 atom stereocenters. The van der Waals surface area contributed by atoms with Crippen LogP contribution in [0.4, 0.5) is 17.2 Å². The molecule has 0 amide bonds. The van der Waals surface area contributed by atoms with Gasteiger partial charge in [0.25, 0.3) is 0 Å². The second kappa shape index (κ2) is 11.4. The van der Waals surface area contributed by atoms with E-state index in [1.54, 1.807) is 7.11 Å². The van der Waals surface area contributed by atoms with E-state index in [9.17, 15) is 4.79 Å². The number of nitrogens with zero attached hydrogens (tertiary/aromatic N) is 5. The molecule has 9 nitrogen and oxygen atoms in total. The van der Waals surface area contributed by atoms with E-state index in [0.29, 0.717) is 24.5 Å². The Bertz CT molecular complexity index is 1550. The molecular formula is C30H37N7O2. The van der Waals surface area contributed by atoms with Crippen LogP contribution in [0.5, 0.6) is 5.75 Å². The first-order valence-electron chi connectivity index (χ1n) is 13.8. The van der Waals surface area contributed by atoms with E-state index in [1.807, 2.05) is 24.4 Å². The van der Waals surface area contributed by atoms with Crippen LogP contribution in [0.15, 0.2) is 35.3 Å². The van der Waals surface area contributed by atoms with Crippen LogP contribution in [0, 0.1) is 12.8 Å². The van der Waals surface area contributed by atoms with Gasteiger partial charge in [0.05, 0.1) is 35.2 Å². The lowest BCUT2D eigenvalue weighted by Crippen LogP contribution is -2.08. The van der Waals surface area contributed by atoms with Gasteiger partial charge in [0.1, 0.15) is 17.4 Å². The smallest absolute Gasteiger partial charge is 0.204 e. The number of aryl methyl sites for hydroxylation is 1. The number of hydrogen-bond donors (Lipinski definition) is 2. The molecule has 0 bridgehead atoms. The van der Waals surface area contributed by atoms with E-state index in [2.05, 4.69) is 58.9 Å². The van der Waals surface area contributed by atoms with E-state index in [-0.39, 0.29) is 0 Å². The Morgan fingerprint density at radius 3 is 2.74 bits per heavy atom. The van der Waals surface area contributed by atoms with E-state index in [1.165, 1.54) is 0 Å². The Labute approximate surface area is 229 Å². The molecule has 1 aliphatic heterocycles. The van der Waals surface area contributed by atoms with Gasteiger partial charge in [-0.3, -0.25) is 14.2 Å². The topological polar surface area (TPSA) is 106 Å². The number of carbonyl (C=O) groups excluding carboxylic acids is 1. The summed E-state index contributed by atoms with van der Waals surface area (Å²) < 4.78 is 7.59. The van der Waals surface area contributed by atoms with Gasteiger partial charge in [-0.25, -0.2) is 4.98 Å². The number of ketones is 1. The number of unbranched alkanes of at least 4 members (excludes halogenated alkanes) is 2. The van der Waals surface area contributed by atoms with Crippen molar-refractivity contribution in [3.8, 4) is 5.75 Å². The lowest BCUT2D eigenvalue weighted by molar-refractivity contribution is -0.119. The molecule has 0 saturated heterocycles. The average molecular weight is 528 g/mol. The predicted molar refractivity (Wildman–Crippen MR) is 157 cm³/mol. The summed E-state index contributed by atoms with van der Waals surface area (Å²) in [6.45, 7) is 6.89. The summed E-state index contributed by atoms with van der Waals surface area (Å²) in [7, 11) is 3.57. The van der Waals surface area contributed by atoms with Crippen molar-refractivity contribution in [2.24, 2.45) is 10.9 Å². The summed E-state index contributed by atoms with van der Waals surface area (Å²) in [4.78, 5) is 21.9. The van der Waals surface area contributed by atoms with Crippen molar-refractivity contribution in [1.82, 2.24) is 19.6 Å². The second-order valence-electron chi connectivity index (χ2n) is 10.6. The third kappa shape index (κ3) is 5.57. The summed E-state index contributed by atoms with van der Waals surface area (Å²) in [5, 5.41) is 15.4. The van der Waals surface area contributed by atoms with Gasteiger partial charge in [-0.15, -0.1) is 10.2 Å². The fourth-order valence-corrected chi connectivity index (χ4v) is 5.22. The minimum atomic E-state index is 0.363. The van der Waals surface area contributed by atoms with Crippen LogP contribution < -0.4 is 15.4 Å². The fourth-order valence-electron chi connectivity index (χ4n) is 5.22. The second-order valence-corrected chi connectivity index (χ2v) is 10.6. The van der Waals surface area contributed by atoms with Crippen LogP contribution in [0.25, 0.3) is 16.7 Å². The van der Waals surface area contributed by atoms with Crippen molar-refractivity contribution in [1.29, 1.82) is 0 Å². The third-order valence-corrected chi connectivity index (χ3v) is 7.16. The number of anilines is 2. The summed E-state index contributed by atoms with van der Waals surface area (Å²) in [6, 6.07) is 10.4. The quantitative estimate of drug-likeness (QED) is 0.221. The van der Waals surface area contributed by atoms with Gasteiger partial charge >= 0.3 is 0 Å². The number of nitrogens with one attached hydrogen (secondary N) is 2. The first-order valence-corrected chi connectivity index (χ1v) is 13.8. The van der Waals surface area contributed by atoms with Gasteiger partial charge in [-0.2, -0.15) is 0 Å². The summed E-state index contributed by atoms with van der Waals surface area (Å²) >= 11 is 0. The third-order valence-electron chi connectivity index (χ3n) is 7.16. The standard InChI is InChI=1S/C30H37N7O2/c1-18(2)13-22(38)9-7-6-8-12-32-29-30-36-35-19(3)37(30)27-11-10-20(14-25(27)34-29)23-15-21-16-28(39-5)26(31-4)17-24(21)33-23/h10-11,14,16-18,31H,6-9,12-13,15H2,1-5H3,(H,32,34). The first-order chi connectivity index (χ1) is 18.9. The fraction of sp³-hybridized carbons (Fsp3) is 0.433. The lowest BCUT2D eigenvalue weighted by Gasteiger charge is -2.11. The van der Waals surface area contributed by atoms with Crippen LogP contribution in [-0.4, -0.2) is 51.8 Å². The number of aromatic nitrogens is 4. The SMILES string of the molecule is CNc1cc2c(cc1OC)CC(c1ccc3c(c1)nc(NCCCCCC(=O)CC(C)C)c1nnc(C)n13)=N2. The minimum absolute atomic E-state index is 0.363. The molecular weight excluding hydrogens is 490 g/mol. The molecule has 4 aromatic rings.